The molecular weight excluding hydrogens is 234 g/mol. The van der Waals surface area contributed by atoms with Crippen molar-refractivity contribution in [1.82, 2.24) is 0 Å². The fourth-order valence-corrected chi connectivity index (χ4v) is 2.45. The van der Waals surface area contributed by atoms with Crippen molar-refractivity contribution in [2.45, 2.75) is 20.3 Å². The van der Waals surface area contributed by atoms with Crippen LogP contribution in [0.15, 0.2) is 12.1 Å². The molecule has 1 aromatic carbocycles. The van der Waals surface area contributed by atoms with Gasteiger partial charge >= 0.3 is 5.97 Å². The van der Waals surface area contributed by atoms with Gasteiger partial charge in [0.2, 0.25) is 5.91 Å². The van der Waals surface area contributed by atoms with Crippen molar-refractivity contribution in [1.29, 1.82) is 0 Å². The number of carbonyl (C=O) groups is 2. The Labute approximate surface area is 105 Å². The largest absolute Gasteiger partial charge is 0.508 e. The van der Waals surface area contributed by atoms with E-state index in [0.717, 1.165) is 11.1 Å². The van der Waals surface area contributed by atoms with Crippen molar-refractivity contribution in [3.63, 3.8) is 0 Å². The van der Waals surface area contributed by atoms with Crippen molar-refractivity contribution >= 4 is 17.6 Å². The van der Waals surface area contributed by atoms with Crippen molar-refractivity contribution in [3.05, 3.63) is 23.3 Å². The lowest BCUT2D eigenvalue weighted by atomic mass is 10.1. The first-order valence-corrected chi connectivity index (χ1v) is 5.73. The molecule has 96 valence electrons. The Kier molecular flexibility index (Phi) is 2.98. The number of carboxylic acids is 1. The molecular formula is C13H15NO4. The van der Waals surface area contributed by atoms with E-state index < -0.39 is 11.9 Å². The number of hydrogen-bond donors (Lipinski definition) is 2. The summed E-state index contributed by atoms with van der Waals surface area (Å²) in [7, 11) is 0. The zero-order valence-electron chi connectivity index (χ0n) is 10.3. The molecule has 1 aliphatic heterocycles. The molecule has 5 heteroatoms. The average Bonchev–Trinajstić information content (AvgIpc) is 2.59. The third-order valence-electron chi connectivity index (χ3n) is 3.22. The van der Waals surface area contributed by atoms with Gasteiger partial charge in [-0.05, 0) is 37.1 Å². The summed E-state index contributed by atoms with van der Waals surface area (Å²) in [6, 6.07) is 3.15. The molecule has 0 bridgehead atoms. The van der Waals surface area contributed by atoms with Gasteiger partial charge in [0.15, 0.2) is 0 Å². The van der Waals surface area contributed by atoms with Gasteiger partial charge < -0.3 is 15.1 Å². The number of phenolic OH excluding ortho intramolecular Hbond substituents is 1. The third kappa shape index (κ3) is 2.03. The monoisotopic (exact) mass is 249 g/mol. The van der Waals surface area contributed by atoms with Crippen LogP contribution in [0.2, 0.25) is 0 Å². The molecule has 0 radical (unpaired) electrons. The number of anilines is 1. The maximum Gasteiger partial charge on any atom is 0.308 e. The number of rotatable bonds is 2. The van der Waals surface area contributed by atoms with Gasteiger partial charge in [-0.25, -0.2) is 0 Å². The summed E-state index contributed by atoms with van der Waals surface area (Å²) in [6.45, 7) is 3.79. The Morgan fingerprint density at radius 1 is 1.33 bits per heavy atom. The third-order valence-corrected chi connectivity index (χ3v) is 3.22. The number of carboxylic acid groups (broad SMARTS) is 1. The number of hydrogen-bond acceptors (Lipinski definition) is 3. The highest BCUT2D eigenvalue weighted by molar-refractivity contribution is 6.00. The molecule has 1 heterocycles. The van der Waals surface area contributed by atoms with E-state index in [1.807, 2.05) is 0 Å². The number of aliphatic carboxylic acids is 1. The maximum atomic E-state index is 11.9. The van der Waals surface area contributed by atoms with Crippen molar-refractivity contribution in [2.75, 3.05) is 11.4 Å². The van der Waals surface area contributed by atoms with Crippen LogP contribution in [0.5, 0.6) is 5.75 Å². The number of aromatic hydroxyl groups is 1. The van der Waals surface area contributed by atoms with Crippen LogP contribution >= 0.6 is 0 Å². The molecule has 2 rings (SSSR count). The van der Waals surface area contributed by atoms with Crippen molar-refractivity contribution in [2.24, 2.45) is 5.92 Å². The lowest BCUT2D eigenvalue weighted by Gasteiger charge is -2.21. The Hall–Kier alpha value is -2.04. The van der Waals surface area contributed by atoms with E-state index in [4.69, 9.17) is 5.11 Å². The van der Waals surface area contributed by atoms with Crippen molar-refractivity contribution < 1.29 is 19.8 Å². The minimum Gasteiger partial charge on any atom is -0.508 e. The minimum absolute atomic E-state index is 0.0368. The summed E-state index contributed by atoms with van der Waals surface area (Å²) in [4.78, 5) is 24.3. The van der Waals surface area contributed by atoms with E-state index >= 15 is 0 Å². The number of aryl methyl sites for hydroxylation is 2. The Morgan fingerprint density at radius 3 is 2.33 bits per heavy atom. The summed E-state index contributed by atoms with van der Waals surface area (Å²) in [6.07, 6.45) is 0.0368. The number of amides is 1. The van der Waals surface area contributed by atoms with Gasteiger partial charge in [0.05, 0.1) is 5.92 Å². The summed E-state index contributed by atoms with van der Waals surface area (Å²) >= 11 is 0. The van der Waals surface area contributed by atoms with Gasteiger partial charge in [-0.1, -0.05) is 0 Å². The highest BCUT2D eigenvalue weighted by Gasteiger charge is 2.36. The number of carbonyl (C=O) groups excluding carboxylic acids is 1. The van der Waals surface area contributed by atoms with E-state index in [1.165, 1.54) is 4.90 Å². The van der Waals surface area contributed by atoms with E-state index in [2.05, 4.69) is 0 Å². The van der Waals surface area contributed by atoms with Gasteiger partial charge in [0, 0.05) is 18.7 Å². The SMILES string of the molecule is Cc1cc(O)cc(C)c1N1CC(C(=O)O)CC1=O. The van der Waals surface area contributed by atoms with Crippen LogP contribution in [0.3, 0.4) is 0 Å². The molecule has 1 fully saturated rings. The first-order valence-electron chi connectivity index (χ1n) is 5.73. The number of benzene rings is 1. The second-order valence-corrected chi connectivity index (χ2v) is 4.67. The highest BCUT2D eigenvalue weighted by Crippen LogP contribution is 2.33. The molecule has 18 heavy (non-hydrogen) atoms. The van der Waals surface area contributed by atoms with Crippen LogP contribution in [0.1, 0.15) is 17.5 Å². The lowest BCUT2D eigenvalue weighted by Crippen LogP contribution is -2.27. The van der Waals surface area contributed by atoms with E-state index in [-0.39, 0.29) is 24.6 Å². The van der Waals surface area contributed by atoms with Crippen LogP contribution in [0.25, 0.3) is 0 Å². The first kappa shape index (κ1) is 12.4. The molecule has 1 atom stereocenters. The quantitative estimate of drug-likeness (QED) is 0.831. The van der Waals surface area contributed by atoms with Crippen molar-refractivity contribution in [3.8, 4) is 5.75 Å². The Morgan fingerprint density at radius 2 is 1.89 bits per heavy atom. The Bertz CT molecular complexity index is 501. The molecule has 1 aliphatic rings. The van der Waals surface area contributed by atoms with Gasteiger partial charge in [0.25, 0.3) is 0 Å². The van der Waals surface area contributed by atoms with Gasteiger partial charge in [-0.2, -0.15) is 0 Å². The van der Waals surface area contributed by atoms with Crippen LogP contribution in [0.4, 0.5) is 5.69 Å². The standard InChI is InChI=1S/C13H15NO4/c1-7-3-10(15)4-8(2)12(7)14-6-9(13(17)18)5-11(14)16/h3-4,9,15H,5-6H2,1-2H3,(H,17,18). The lowest BCUT2D eigenvalue weighted by molar-refractivity contribution is -0.141. The second-order valence-electron chi connectivity index (χ2n) is 4.67. The summed E-state index contributed by atoms with van der Waals surface area (Å²) in [5, 5.41) is 18.4. The zero-order chi connectivity index (χ0) is 13.4. The molecule has 0 saturated carbocycles. The predicted octanol–water partition coefficient (Wildman–Crippen LogP) is 1.45. The topological polar surface area (TPSA) is 77.8 Å². The maximum absolute atomic E-state index is 11.9. The van der Waals surface area contributed by atoms with E-state index in [9.17, 15) is 14.7 Å². The Balaban J connectivity index is 2.39. The highest BCUT2D eigenvalue weighted by atomic mass is 16.4. The molecule has 0 aromatic heterocycles. The van der Waals surface area contributed by atoms with Crippen LogP contribution in [-0.2, 0) is 9.59 Å². The molecule has 1 aromatic rings. The molecule has 0 aliphatic carbocycles. The predicted molar refractivity (Wildman–Crippen MR) is 65.7 cm³/mol. The zero-order valence-corrected chi connectivity index (χ0v) is 10.3. The van der Waals surface area contributed by atoms with E-state index in [1.54, 1.807) is 26.0 Å². The normalized spacial score (nSPS) is 19.3. The molecule has 5 nitrogen and oxygen atoms in total. The first-order chi connectivity index (χ1) is 8.40. The number of nitrogens with zero attached hydrogens (tertiary/aromatic N) is 1. The molecule has 1 unspecified atom stereocenters. The van der Waals surface area contributed by atoms with Gasteiger partial charge in [-0.15, -0.1) is 0 Å². The van der Waals surface area contributed by atoms with Crippen LogP contribution < -0.4 is 4.90 Å². The summed E-state index contributed by atoms with van der Waals surface area (Å²) < 4.78 is 0. The van der Waals surface area contributed by atoms with E-state index in [0.29, 0.717) is 5.69 Å². The summed E-state index contributed by atoms with van der Waals surface area (Å²) in [5.74, 6) is -1.63. The molecule has 1 amide bonds. The second kappa shape index (κ2) is 4.33. The fraction of sp³-hybridized carbons (Fsp3) is 0.385. The average molecular weight is 249 g/mol. The minimum atomic E-state index is -0.945. The molecule has 0 spiro atoms. The number of phenols is 1. The van der Waals surface area contributed by atoms with Crippen LogP contribution in [0, 0.1) is 19.8 Å². The fourth-order valence-electron chi connectivity index (χ4n) is 2.45. The molecule has 2 N–H and O–H groups in total. The summed E-state index contributed by atoms with van der Waals surface area (Å²) in [5.41, 5.74) is 2.25. The van der Waals surface area contributed by atoms with Gasteiger partial charge in [0.1, 0.15) is 5.75 Å². The smallest absolute Gasteiger partial charge is 0.308 e. The van der Waals surface area contributed by atoms with Gasteiger partial charge in [-0.3, -0.25) is 9.59 Å². The van der Waals surface area contributed by atoms with Crippen LogP contribution in [-0.4, -0.2) is 28.6 Å². The molecule has 1 saturated heterocycles.